The molecule has 1 aliphatic heterocycles. The molecule has 1 saturated heterocycles. The molecule has 5 heteroatoms. The molecule has 1 unspecified atom stereocenters. The van der Waals surface area contributed by atoms with Gasteiger partial charge in [0.1, 0.15) is 5.82 Å². The summed E-state index contributed by atoms with van der Waals surface area (Å²) in [5.74, 6) is 0.867. The lowest BCUT2D eigenvalue weighted by molar-refractivity contribution is 0.629. The fourth-order valence-electron chi connectivity index (χ4n) is 2.05. The quantitative estimate of drug-likeness (QED) is 0.874. The van der Waals surface area contributed by atoms with Crippen molar-refractivity contribution < 1.29 is 0 Å². The zero-order valence-corrected chi connectivity index (χ0v) is 10.2. The predicted molar refractivity (Wildman–Crippen MR) is 69.6 cm³/mol. The third kappa shape index (κ3) is 2.45. The van der Waals surface area contributed by atoms with Crippen molar-refractivity contribution in [1.29, 1.82) is 0 Å². The lowest BCUT2D eigenvalue weighted by Gasteiger charge is -2.10. The Morgan fingerprint density at radius 2 is 2.41 bits per heavy atom. The molecule has 4 nitrogen and oxygen atoms in total. The van der Waals surface area contributed by atoms with Gasteiger partial charge in [0.25, 0.3) is 0 Å². The van der Waals surface area contributed by atoms with Gasteiger partial charge in [0.05, 0.1) is 5.69 Å². The van der Waals surface area contributed by atoms with E-state index >= 15 is 0 Å². The first kappa shape index (κ1) is 10.7. The first-order chi connectivity index (χ1) is 8.42. The summed E-state index contributed by atoms with van der Waals surface area (Å²) in [6, 6.07) is 6.50. The number of rotatable bonds is 3. The number of aromatic nitrogens is 2. The second-order valence-corrected chi connectivity index (χ2v) is 4.95. The van der Waals surface area contributed by atoms with Crippen LogP contribution in [0.2, 0.25) is 0 Å². The SMILES string of the molecule is c1cc(Nc2nccs2)nc(C2CCCN2)c1. The van der Waals surface area contributed by atoms with E-state index in [1.165, 1.54) is 12.8 Å². The maximum Gasteiger partial charge on any atom is 0.188 e. The van der Waals surface area contributed by atoms with Gasteiger partial charge in [0.15, 0.2) is 5.13 Å². The number of hydrogen-bond acceptors (Lipinski definition) is 5. The Morgan fingerprint density at radius 1 is 1.41 bits per heavy atom. The van der Waals surface area contributed by atoms with Crippen LogP contribution in [0.4, 0.5) is 10.9 Å². The third-order valence-electron chi connectivity index (χ3n) is 2.86. The fraction of sp³-hybridized carbons (Fsp3) is 0.333. The van der Waals surface area contributed by atoms with Gasteiger partial charge in [-0.3, -0.25) is 0 Å². The highest BCUT2D eigenvalue weighted by molar-refractivity contribution is 7.13. The van der Waals surface area contributed by atoms with Crippen molar-refractivity contribution in [1.82, 2.24) is 15.3 Å². The largest absolute Gasteiger partial charge is 0.316 e. The minimum absolute atomic E-state index is 0.410. The first-order valence-corrected chi connectivity index (χ1v) is 6.67. The van der Waals surface area contributed by atoms with Crippen LogP contribution in [0.25, 0.3) is 0 Å². The normalized spacial score (nSPS) is 19.4. The minimum atomic E-state index is 0.410. The average molecular weight is 246 g/mol. The number of anilines is 2. The molecule has 0 radical (unpaired) electrons. The van der Waals surface area contributed by atoms with Gasteiger partial charge in [-0.25, -0.2) is 9.97 Å². The molecule has 0 spiro atoms. The van der Waals surface area contributed by atoms with Crippen LogP contribution in [-0.4, -0.2) is 16.5 Å². The second-order valence-electron chi connectivity index (χ2n) is 4.06. The first-order valence-electron chi connectivity index (χ1n) is 5.79. The van der Waals surface area contributed by atoms with Gasteiger partial charge in [-0.05, 0) is 31.5 Å². The smallest absolute Gasteiger partial charge is 0.188 e. The van der Waals surface area contributed by atoms with Crippen molar-refractivity contribution in [2.24, 2.45) is 0 Å². The van der Waals surface area contributed by atoms with E-state index in [2.05, 4.69) is 26.7 Å². The zero-order valence-electron chi connectivity index (χ0n) is 9.39. The van der Waals surface area contributed by atoms with Crippen LogP contribution in [0.3, 0.4) is 0 Å². The van der Waals surface area contributed by atoms with Crippen LogP contribution in [0, 0.1) is 0 Å². The Hall–Kier alpha value is -1.46. The molecule has 2 aromatic rings. The summed E-state index contributed by atoms with van der Waals surface area (Å²) in [5, 5.41) is 9.50. The number of thiazole rings is 1. The molecule has 88 valence electrons. The second kappa shape index (κ2) is 4.81. The van der Waals surface area contributed by atoms with E-state index in [9.17, 15) is 0 Å². The minimum Gasteiger partial charge on any atom is -0.316 e. The van der Waals surface area contributed by atoms with E-state index in [4.69, 9.17) is 0 Å². The highest BCUT2D eigenvalue weighted by atomic mass is 32.1. The van der Waals surface area contributed by atoms with E-state index in [-0.39, 0.29) is 0 Å². The van der Waals surface area contributed by atoms with Crippen LogP contribution in [-0.2, 0) is 0 Å². The maximum atomic E-state index is 4.62. The van der Waals surface area contributed by atoms with E-state index in [1.54, 1.807) is 17.5 Å². The summed E-state index contributed by atoms with van der Waals surface area (Å²) < 4.78 is 0. The number of hydrogen-bond donors (Lipinski definition) is 2. The van der Waals surface area contributed by atoms with Crippen LogP contribution in [0.5, 0.6) is 0 Å². The van der Waals surface area contributed by atoms with Gasteiger partial charge >= 0.3 is 0 Å². The van der Waals surface area contributed by atoms with Gasteiger partial charge in [0.2, 0.25) is 0 Å². The third-order valence-corrected chi connectivity index (χ3v) is 3.54. The molecule has 3 rings (SSSR count). The van der Waals surface area contributed by atoms with Crippen molar-refractivity contribution in [3.05, 3.63) is 35.5 Å². The van der Waals surface area contributed by atoms with Crippen molar-refractivity contribution in [2.45, 2.75) is 18.9 Å². The van der Waals surface area contributed by atoms with Crippen molar-refractivity contribution in [3.8, 4) is 0 Å². The lowest BCUT2D eigenvalue weighted by atomic mass is 10.1. The molecule has 1 atom stereocenters. The summed E-state index contributed by atoms with van der Waals surface area (Å²) in [4.78, 5) is 8.81. The molecule has 0 bridgehead atoms. The van der Waals surface area contributed by atoms with Gasteiger partial charge in [0, 0.05) is 17.6 Å². The van der Waals surface area contributed by atoms with Crippen molar-refractivity contribution >= 4 is 22.3 Å². The van der Waals surface area contributed by atoms with Gasteiger partial charge < -0.3 is 10.6 Å². The molecular weight excluding hydrogens is 232 g/mol. The number of pyridine rings is 1. The fourth-order valence-corrected chi connectivity index (χ4v) is 2.58. The summed E-state index contributed by atoms with van der Waals surface area (Å²) in [7, 11) is 0. The van der Waals surface area contributed by atoms with Crippen LogP contribution in [0.15, 0.2) is 29.8 Å². The molecule has 0 aromatic carbocycles. The summed E-state index contributed by atoms with van der Waals surface area (Å²) >= 11 is 1.58. The van der Waals surface area contributed by atoms with Crippen molar-refractivity contribution in [3.63, 3.8) is 0 Å². The molecule has 2 aromatic heterocycles. The Morgan fingerprint density at radius 3 is 3.18 bits per heavy atom. The maximum absolute atomic E-state index is 4.62. The van der Waals surface area contributed by atoms with Gasteiger partial charge in [-0.15, -0.1) is 11.3 Å². The van der Waals surface area contributed by atoms with Gasteiger partial charge in [-0.1, -0.05) is 6.07 Å². The number of nitrogens with zero attached hydrogens (tertiary/aromatic N) is 2. The molecular formula is C12H14N4S. The average Bonchev–Trinajstić information content (AvgIpc) is 3.01. The highest BCUT2D eigenvalue weighted by Crippen LogP contribution is 2.23. The number of nitrogens with one attached hydrogen (secondary N) is 2. The van der Waals surface area contributed by atoms with Gasteiger partial charge in [-0.2, -0.15) is 0 Å². The zero-order chi connectivity index (χ0) is 11.5. The Labute approximate surface area is 104 Å². The lowest BCUT2D eigenvalue weighted by Crippen LogP contribution is -2.14. The molecule has 2 N–H and O–H groups in total. The Balaban J connectivity index is 1.78. The molecule has 1 fully saturated rings. The molecule has 0 aliphatic carbocycles. The molecule has 0 saturated carbocycles. The van der Waals surface area contributed by atoms with E-state index in [0.717, 1.165) is 23.2 Å². The highest BCUT2D eigenvalue weighted by Gasteiger charge is 2.17. The molecule has 0 amide bonds. The predicted octanol–water partition coefficient (Wildman–Crippen LogP) is 2.71. The molecule has 1 aliphatic rings. The Kier molecular flexibility index (Phi) is 3.02. The van der Waals surface area contributed by atoms with Crippen LogP contribution >= 0.6 is 11.3 Å². The van der Waals surface area contributed by atoms with E-state index < -0.39 is 0 Å². The molecule has 17 heavy (non-hydrogen) atoms. The van der Waals surface area contributed by atoms with Crippen LogP contribution < -0.4 is 10.6 Å². The van der Waals surface area contributed by atoms with Crippen LogP contribution in [0.1, 0.15) is 24.6 Å². The molecule has 3 heterocycles. The topological polar surface area (TPSA) is 49.8 Å². The van der Waals surface area contributed by atoms with E-state index in [0.29, 0.717) is 6.04 Å². The summed E-state index contributed by atoms with van der Waals surface area (Å²) in [5.41, 5.74) is 1.11. The summed E-state index contributed by atoms with van der Waals surface area (Å²) in [6.07, 6.45) is 4.19. The summed E-state index contributed by atoms with van der Waals surface area (Å²) in [6.45, 7) is 1.09. The van der Waals surface area contributed by atoms with Crippen molar-refractivity contribution in [2.75, 3.05) is 11.9 Å². The van der Waals surface area contributed by atoms with E-state index in [1.807, 2.05) is 17.5 Å². The monoisotopic (exact) mass is 246 g/mol. The Bertz CT molecular complexity index is 477. The standard InChI is InChI=1S/C12H14N4S/c1-3-10(9-4-2-6-13-9)15-11(5-1)16-12-14-7-8-17-12/h1,3,5,7-9,13H,2,4,6H2,(H,14,15,16).